The first kappa shape index (κ1) is 31.3. The fraction of sp³-hybridized carbons (Fsp3) is 0.774. The van der Waals surface area contributed by atoms with Gasteiger partial charge in [0.2, 0.25) is 0 Å². The van der Waals surface area contributed by atoms with Crippen molar-refractivity contribution < 1.29 is 20.1 Å². The van der Waals surface area contributed by atoms with Crippen LogP contribution in [-0.4, -0.2) is 21.3 Å². The van der Waals surface area contributed by atoms with Gasteiger partial charge in [0.1, 0.15) is 17.1 Å². The third kappa shape index (κ3) is 10.1. The van der Waals surface area contributed by atoms with Gasteiger partial charge in [-0.2, -0.15) is 0 Å². The van der Waals surface area contributed by atoms with E-state index in [1.807, 2.05) is 41.5 Å². The molecule has 202 valence electrons. The van der Waals surface area contributed by atoms with Crippen molar-refractivity contribution in [2.24, 2.45) is 0 Å². The Hall–Kier alpha value is -1.71. The van der Waals surface area contributed by atoms with Crippen molar-refractivity contribution in [2.75, 3.05) is 0 Å². The van der Waals surface area contributed by atoms with E-state index in [0.717, 1.165) is 19.3 Å². The van der Waals surface area contributed by atoms with Gasteiger partial charge in [0.05, 0.1) is 0 Å². The van der Waals surface area contributed by atoms with Crippen molar-refractivity contribution in [1.82, 2.24) is 0 Å². The first-order chi connectivity index (χ1) is 16.3. The molecule has 4 heteroatoms. The molecule has 0 aromatic heterocycles. The van der Waals surface area contributed by atoms with Gasteiger partial charge in [-0.05, 0) is 29.2 Å². The van der Waals surface area contributed by atoms with Crippen LogP contribution in [0.1, 0.15) is 165 Å². The summed E-state index contributed by atoms with van der Waals surface area (Å²) in [5.41, 5.74) is 0.523. The summed E-state index contributed by atoms with van der Waals surface area (Å²) in [5.74, 6) is -1.36. The van der Waals surface area contributed by atoms with E-state index in [0.29, 0.717) is 23.1 Å². The smallest absolute Gasteiger partial charge is 0.339 e. The molecular formula is C31H54O4. The normalized spacial score (nSPS) is 12.3. The van der Waals surface area contributed by atoms with Crippen LogP contribution in [0.3, 0.4) is 0 Å². The van der Waals surface area contributed by atoms with Crippen LogP contribution in [0, 0.1) is 0 Å². The van der Waals surface area contributed by atoms with Crippen LogP contribution in [-0.2, 0) is 17.3 Å². The van der Waals surface area contributed by atoms with Crippen molar-refractivity contribution in [1.29, 1.82) is 0 Å². The van der Waals surface area contributed by atoms with Gasteiger partial charge in [0.25, 0.3) is 0 Å². The van der Waals surface area contributed by atoms with E-state index in [-0.39, 0.29) is 17.1 Å². The lowest BCUT2D eigenvalue weighted by Crippen LogP contribution is -2.22. The highest BCUT2D eigenvalue weighted by Gasteiger charge is 2.35. The number of carbonyl (C=O) groups is 1. The summed E-state index contributed by atoms with van der Waals surface area (Å²) >= 11 is 0. The molecule has 0 amide bonds. The molecule has 0 radical (unpaired) electrons. The second-order valence-electron chi connectivity index (χ2n) is 12.5. The van der Waals surface area contributed by atoms with Gasteiger partial charge >= 0.3 is 5.97 Å². The molecule has 0 atom stereocenters. The minimum Gasteiger partial charge on any atom is -0.507 e. The molecule has 0 bridgehead atoms. The third-order valence-corrected chi connectivity index (χ3v) is 7.04. The molecule has 0 saturated heterocycles. The quantitative estimate of drug-likeness (QED) is 0.202. The molecule has 0 spiro atoms. The maximum absolute atomic E-state index is 12.2. The first-order valence-electron chi connectivity index (χ1n) is 14.2. The van der Waals surface area contributed by atoms with Gasteiger partial charge in [0, 0.05) is 11.1 Å². The van der Waals surface area contributed by atoms with Crippen LogP contribution in [0.15, 0.2) is 0 Å². The zero-order chi connectivity index (χ0) is 26.6. The number of hydrogen-bond acceptors (Lipinski definition) is 3. The van der Waals surface area contributed by atoms with E-state index in [2.05, 4.69) is 6.92 Å². The standard InChI is InChI=1S/C31H54O4/c1-8-9-10-11-12-13-14-15-16-17-18-19-20-21-22-23-24(29(34)35)27(32)26(31(5,6)7)28(33)25(23)30(2,3)4/h32-33H,8-22H2,1-7H3,(H,34,35). The number of carboxylic acid groups (broad SMARTS) is 1. The van der Waals surface area contributed by atoms with E-state index in [1.165, 1.54) is 70.6 Å². The Bertz CT molecular complexity index is 781. The lowest BCUT2D eigenvalue weighted by Gasteiger charge is -2.31. The van der Waals surface area contributed by atoms with Crippen LogP contribution in [0.2, 0.25) is 0 Å². The highest BCUT2D eigenvalue weighted by atomic mass is 16.4. The minimum atomic E-state index is -1.13. The lowest BCUT2D eigenvalue weighted by atomic mass is 9.74. The van der Waals surface area contributed by atoms with Gasteiger partial charge in [-0.15, -0.1) is 0 Å². The number of phenols is 2. The Morgan fingerprint density at radius 3 is 1.31 bits per heavy atom. The minimum absolute atomic E-state index is 0.0349. The summed E-state index contributed by atoms with van der Waals surface area (Å²) in [6.07, 6.45) is 18.3. The molecule has 0 fully saturated rings. The Morgan fingerprint density at radius 1 is 0.600 bits per heavy atom. The second-order valence-corrected chi connectivity index (χ2v) is 12.5. The number of rotatable bonds is 16. The Morgan fingerprint density at radius 2 is 0.971 bits per heavy atom. The zero-order valence-electron chi connectivity index (χ0n) is 23.9. The largest absolute Gasteiger partial charge is 0.507 e. The first-order valence-corrected chi connectivity index (χ1v) is 14.2. The van der Waals surface area contributed by atoms with Crippen LogP contribution >= 0.6 is 0 Å². The summed E-state index contributed by atoms with van der Waals surface area (Å²) in [6, 6.07) is 0. The summed E-state index contributed by atoms with van der Waals surface area (Å²) < 4.78 is 0. The Balaban J connectivity index is 2.66. The number of aromatic carboxylic acids is 1. The molecule has 35 heavy (non-hydrogen) atoms. The van der Waals surface area contributed by atoms with Gasteiger partial charge in [-0.1, -0.05) is 132 Å². The number of benzene rings is 1. The average Bonchev–Trinajstić information content (AvgIpc) is 2.71. The molecule has 0 saturated carbocycles. The van der Waals surface area contributed by atoms with Crippen molar-refractivity contribution in [3.63, 3.8) is 0 Å². The van der Waals surface area contributed by atoms with E-state index in [9.17, 15) is 20.1 Å². The molecule has 4 nitrogen and oxygen atoms in total. The monoisotopic (exact) mass is 490 g/mol. The number of aromatic hydroxyl groups is 2. The van der Waals surface area contributed by atoms with Crippen molar-refractivity contribution in [3.05, 3.63) is 22.3 Å². The number of unbranched alkanes of at least 4 members (excludes halogenated alkanes) is 13. The fourth-order valence-corrected chi connectivity index (χ4v) is 5.27. The second kappa shape index (κ2) is 14.8. The SMILES string of the molecule is CCCCCCCCCCCCCCCCc1c(C(=O)O)c(O)c(C(C)(C)C)c(O)c1C(C)(C)C. The van der Waals surface area contributed by atoms with Crippen molar-refractivity contribution >= 4 is 5.97 Å². The summed E-state index contributed by atoms with van der Waals surface area (Å²) in [6.45, 7) is 13.9. The van der Waals surface area contributed by atoms with Crippen LogP contribution in [0.5, 0.6) is 11.5 Å². The Kier molecular flexibility index (Phi) is 13.2. The predicted octanol–water partition coefficient (Wildman–Crippen LogP) is 9.41. The molecule has 0 heterocycles. The molecule has 0 aliphatic rings. The summed E-state index contributed by atoms with van der Waals surface area (Å²) in [5, 5.41) is 32.1. The lowest BCUT2D eigenvalue weighted by molar-refractivity contribution is 0.0691. The van der Waals surface area contributed by atoms with E-state index in [4.69, 9.17) is 0 Å². The van der Waals surface area contributed by atoms with Gasteiger partial charge in [-0.3, -0.25) is 0 Å². The van der Waals surface area contributed by atoms with E-state index < -0.39 is 16.8 Å². The summed E-state index contributed by atoms with van der Waals surface area (Å²) in [4.78, 5) is 12.2. The molecule has 0 aliphatic heterocycles. The molecule has 3 N–H and O–H groups in total. The van der Waals surface area contributed by atoms with Gasteiger partial charge in [-0.25, -0.2) is 4.79 Å². The van der Waals surface area contributed by atoms with E-state index >= 15 is 0 Å². The highest BCUT2D eigenvalue weighted by molar-refractivity contribution is 5.95. The number of phenolic OH excluding ortho intramolecular Hbond substituents is 1. The fourth-order valence-electron chi connectivity index (χ4n) is 5.27. The molecule has 0 aliphatic carbocycles. The van der Waals surface area contributed by atoms with Crippen LogP contribution in [0.4, 0.5) is 0 Å². The maximum Gasteiger partial charge on any atom is 0.339 e. The topological polar surface area (TPSA) is 77.8 Å². The van der Waals surface area contributed by atoms with Gasteiger partial charge < -0.3 is 15.3 Å². The molecular weight excluding hydrogens is 436 g/mol. The third-order valence-electron chi connectivity index (χ3n) is 7.04. The zero-order valence-corrected chi connectivity index (χ0v) is 23.9. The van der Waals surface area contributed by atoms with Crippen LogP contribution in [0.25, 0.3) is 0 Å². The molecule has 1 aromatic rings. The Labute approximate surface area is 215 Å². The van der Waals surface area contributed by atoms with E-state index in [1.54, 1.807) is 0 Å². The van der Waals surface area contributed by atoms with Crippen LogP contribution < -0.4 is 0 Å². The maximum atomic E-state index is 12.2. The summed E-state index contributed by atoms with van der Waals surface area (Å²) in [7, 11) is 0. The number of hydrogen-bond donors (Lipinski definition) is 3. The number of carboxylic acids is 1. The molecule has 1 rings (SSSR count). The van der Waals surface area contributed by atoms with Crippen molar-refractivity contribution in [2.45, 2.75) is 156 Å². The van der Waals surface area contributed by atoms with Crippen molar-refractivity contribution in [3.8, 4) is 11.5 Å². The highest BCUT2D eigenvalue weighted by Crippen LogP contribution is 2.48. The predicted molar refractivity (Wildman–Crippen MR) is 148 cm³/mol. The molecule has 0 unspecified atom stereocenters. The molecule has 1 aromatic carbocycles. The average molecular weight is 491 g/mol. The van der Waals surface area contributed by atoms with Gasteiger partial charge in [0.15, 0.2) is 0 Å².